The first-order chi connectivity index (χ1) is 10.2. The van der Waals surface area contributed by atoms with Crippen LogP contribution in [0.2, 0.25) is 0 Å². The van der Waals surface area contributed by atoms with Crippen molar-refractivity contribution in [2.75, 3.05) is 7.11 Å². The number of ether oxygens (including phenoxy) is 2. The molecule has 21 heavy (non-hydrogen) atoms. The molecule has 0 spiro atoms. The molecule has 0 unspecified atom stereocenters. The van der Waals surface area contributed by atoms with Crippen molar-refractivity contribution in [3.8, 4) is 11.5 Å². The molecule has 0 aliphatic heterocycles. The highest BCUT2D eigenvalue weighted by atomic mass is 19.2. The van der Waals surface area contributed by atoms with E-state index < -0.39 is 11.6 Å². The first-order valence-corrected chi connectivity index (χ1v) is 6.26. The number of fused-ring (bicyclic) bond motifs is 1. The molecule has 1 heterocycles. The van der Waals surface area contributed by atoms with Crippen LogP contribution in [-0.2, 0) is 6.61 Å². The quantitative estimate of drug-likeness (QED) is 0.800. The second kappa shape index (κ2) is 5.40. The average Bonchev–Trinajstić information content (AvgIpc) is 2.87. The number of hydrogen-bond acceptors (Lipinski definition) is 3. The number of aromatic nitrogens is 2. The smallest absolute Gasteiger partial charge is 0.161 e. The van der Waals surface area contributed by atoms with Crippen molar-refractivity contribution in [2.24, 2.45) is 0 Å². The van der Waals surface area contributed by atoms with Crippen LogP contribution in [0, 0.1) is 11.6 Å². The second-order valence-corrected chi connectivity index (χ2v) is 4.43. The average molecular weight is 290 g/mol. The number of aromatic amines is 1. The summed E-state index contributed by atoms with van der Waals surface area (Å²) in [6, 6.07) is 9.26. The van der Waals surface area contributed by atoms with Gasteiger partial charge in [-0.15, -0.1) is 0 Å². The van der Waals surface area contributed by atoms with E-state index in [1.165, 1.54) is 0 Å². The van der Waals surface area contributed by atoms with E-state index in [1.807, 2.05) is 0 Å². The van der Waals surface area contributed by atoms with Gasteiger partial charge in [0.15, 0.2) is 11.6 Å². The molecule has 108 valence electrons. The van der Waals surface area contributed by atoms with E-state index in [4.69, 9.17) is 9.47 Å². The third-order valence-electron chi connectivity index (χ3n) is 2.99. The number of halogens is 2. The monoisotopic (exact) mass is 290 g/mol. The number of nitrogens with one attached hydrogen (secondary N) is 1. The summed E-state index contributed by atoms with van der Waals surface area (Å²) >= 11 is 0. The third kappa shape index (κ3) is 2.79. The van der Waals surface area contributed by atoms with E-state index in [1.54, 1.807) is 31.4 Å². The standard InChI is InChI=1S/C15H12F2N2O2/c1-20-9-3-2-4-10(5-9)21-8-15-18-13-6-11(16)12(17)7-14(13)19-15/h2-7H,8H2,1H3,(H,18,19). The minimum absolute atomic E-state index is 0.158. The van der Waals surface area contributed by atoms with Gasteiger partial charge in [-0.25, -0.2) is 13.8 Å². The van der Waals surface area contributed by atoms with E-state index in [9.17, 15) is 8.78 Å². The maximum atomic E-state index is 13.1. The third-order valence-corrected chi connectivity index (χ3v) is 2.99. The minimum Gasteiger partial charge on any atom is -0.497 e. The van der Waals surface area contributed by atoms with Crippen molar-refractivity contribution in [1.29, 1.82) is 0 Å². The van der Waals surface area contributed by atoms with Crippen molar-refractivity contribution in [3.63, 3.8) is 0 Å². The van der Waals surface area contributed by atoms with E-state index >= 15 is 0 Å². The van der Waals surface area contributed by atoms with Gasteiger partial charge in [-0.05, 0) is 12.1 Å². The van der Waals surface area contributed by atoms with Gasteiger partial charge in [0, 0.05) is 18.2 Å². The van der Waals surface area contributed by atoms with Crippen LogP contribution in [0.5, 0.6) is 11.5 Å². The molecule has 4 nitrogen and oxygen atoms in total. The lowest BCUT2D eigenvalue weighted by atomic mass is 10.3. The van der Waals surface area contributed by atoms with Crippen LogP contribution in [0.3, 0.4) is 0 Å². The van der Waals surface area contributed by atoms with Crippen LogP contribution in [0.1, 0.15) is 5.82 Å². The molecule has 6 heteroatoms. The Bertz CT molecular complexity index is 747. The summed E-state index contributed by atoms with van der Waals surface area (Å²) in [6.07, 6.45) is 0. The van der Waals surface area contributed by atoms with Crippen molar-refractivity contribution >= 4 is 11.0 Å². The zero-order valence-corrected chi connectivity index (χ0v) is 11.2. The summed E-state index contributed by atoms with van der Waals surface area (Å²) in [5, 5.41) is 0. The van der Waals surface area contributed by atoms with E-state index in [0.29, 0.717) is 28.4 Å². The molecule has 0 fully saturated rings. The van der Waals surface area contributed by atoms with Crippen LogP contribution in [0.25, 0.3) is 11.0 Å². The summed E-state index contributed by atoms with van der Waals surface area (Å²) in [5.41, 5.74) is 0.788. The molecule has 1 aromatic heterocycles. The Morgan fingerprint density at radius 2 is 1.86 bits per heavy atom. The van der Waals surface area contributed by atoms with Crippen LogP contribution in [-0.4, -0.2) is 17.1 Å². The fourth-order valence-corrected chi connectivity index (χ4v) is 1.97. The number of methoxy groups -OCH3 is 1. The summed E-state index contributed by atoms with van der Waals surface area (Å²) in [6.45, 7) is 0.158. The lowest BCUT2D eigenvalue weighted by molar-refractivity contribution is 0.295. The summed E-state index contributed by atoms with van der Waals surface area (Å²) in [5.74, 6) is -0.0492. The molecule has 0 aliphatic rings. The number of benzene rings is 2. The number of nitrogens with zero attached hydrogens (tertiary/aromatic N) is 1. The van der Waals surface area contributed by atoms with Crippen LogP contribution in [0.4, 0.5) is 8.78 Å². The highest BCUT2D eigenvalue weighted by Crippen LogP contribution is 2.21. The lowest BCUT2D eigenvalue weighted by Gasteiger charge is -2.05. The predicted octanol–water partition coefficient (Wildman–Crippen LogP) is 3.43. The Labute approximate surface area is 119 Å². The molecular weight excluding hydrogens is 278 g/mol. The molecule has 0 aliphatic carbocycles. The van der Waals surface area contributed by atoms with Gasteiger partial charge in [-0.1, -0.05) is 6.07 Å². The highest BCUT2D eigenvalue weighted by molar-refractivity contribution is 5.75. The summed E-state index contributed by atoms with van der Waals surface area (Å²) in [4.78, 5) is 7.04. The molecule has 0 atom stereocenters. The number of imidazole rings is 1. The Morgan fingerprint density at radius 3 is 2.67 bits per heavy atom. The zero-order valence-electron chi connectivity index (χ0n) is 11.2. The van der Waals surface area contributed by atoms with E-state index in [-0.39, 0.29) is 6.61 Å². The molecular formula is C15H12F2N2O2. The Balaban J connectivity index is 1.78. The second-order valence-electron chi connectivity index (χ2n) is 4.43. The van der Waals surface area contributed by atoms with E-state index in [2.05, 4.69) is 9.97 Å². The minimum atomic E-state index is -0.922. The fraction of sp³-hybridized carbons (Fsp3) is 0.133. The largest absolute Gasteiger partial charge is 0.497 e. The molecule has 1 N–H and O–H groups in total. The Hall–Kier alpha value is -2.63. The number of hydrogen-bond donors (Lipinski definition) is 1. The van der Waals surface area contributed by atoms with Gasteiger partial charge < -0.3 is 14.5 Å². The van der Waals surface area contributed by atoms with Crippen molar-refractivity contribution < 1.29 is 18.3 Å². The van der Waals surface area contributed by atoms with Gasteiger partial charge in [-0.2, -0.15) is 0 Å². The molecule has 0 saturated carbocycles. The Morgan fingerprint density at radius 1 is 1.10 bits per heavy atom. The molecule has 0 radical (unpaired) electrons. The highest BCUT2D eigenvalue weighted by Gasteiger charge is 2.09. The van der Waals surface area contributed by atoms with Gasteiger partial charge >= 0.3 is 0 Å². The molecule has 0 amide bonds. The maximum Gasteiger partial charge on any atom is 0.161 e. The van der Waals surface area contributed by atoms with Crippen LogP contribution in [0.15, 0.2) is 36.4 Å². The van der Waals surface area contributed by atoms with Crippen molar-refractivity contribution in [2.45, 2.75) is 6.61 Å². The number of rotatable bonds is 4. The molecule has 0 saturated heterocycles. The van der Waals surface area contributed by atoms with Crippen molar-refractivity contribution in [1.82, 2.24) is 9.97 Å². The van der Waals surface area contributed by atoms with Crippen LogP contribution >= 0.6 is 0 Å². The maximum absolute atomic E-state index is 13.1. The molecule has 2 aromatic carbocycles. The fourth-order valence-electron chi connectivity index (χ4n) is 1.97. The molecule has 3 aromatic rings. The van der Waals surface area contributed by atoms with Gasteiger partial charge in [0.25, 0.3) is 0 Å². The van der Waals surface area contributed by atoms with Gasteiger partial charge in [0.05, 0.1) is 18.1 Å². The van der Waals surface area contributed by atoms with Crippen LogP contribution < -0.4 is 9.47 Å². The van der Waals surface area contributed by atoms with Crippen molar-refractivity contribution in [3.05, 3.63) is 53.9 Å². The summed E-state index contributed by atoms with van der Waals surface area (Å²) < 4.78 is 36.9. The first-order valence-electron chi connectivity index (χ1n) is 6.26. The first kappa shape index (κ1) is 13.4. The predicted molar refractivity (Wildman–Crippen MR) is 73.3 cm³/mol. The van der Waals surface area contributed by atoms with Gasteiger partial charge in [0.1, 0.15) is 23.9 Å². The topological polar surface area (TPSA) is 47.1 Å². The Kier molecular flexibility index (Phi) is 3.43. The SMILES string of the molecule is COc1cccc(OCc2nc3cc(F)c(F)cc3[nH]2)c1. The number of H-pyrrole nitrogens is 1. The lowest BCUT2D eigenvalue weighted by Crippen LogP contribution is -1.97. The van der Waals surface area contributed by atoms with Gasteiger partial charge in [0.2, 0.25) is 0 Å². The van der Waals surface area contributed by atoms with E-state index in [0.717, 1.165) is 12.1 Å². The zero-order chi connectivity index (χ0) is 14.8. The summed E-state index contributed by atoms with van der Waals surface area (Å²) in [7, 11) is 1.57. The normalized spacial score (nSPS) is 10.8. The molecule has 0 bridgehead atoms. The van der Waals surface area contributed by atoms with Gasteiger partial charge in [-0.3, -0.25) is 0 Å². The molecule has 3 rings (SSSR count).